The molecule has 1 N–H and O–H groups in total. The van der Waals surface area contributed by atoms with Crippen LogP contribution in [-0.2, 0) is 5.21 Å². The van der Waals surface area contributed by atoms with Gasteiger partial charge in [0.15, 0.2) is 0 Å². The summed E-state index contributed by atoms with van der Waals surface area (Å²) in [5.74, 6) is 0.310. The molecule has 85 valence electrons. The lowest BCUT2D eigenvalue weighted by Crippen LogP contribution is -2.38. The van der Waals surface area contributed by atoms with Crippen LogP contribution in [0.5, 0.6) is 0 Å². The third kappa shape index (κ3) is 1.99. The zero-order chi connectivity index (χ0) is 11.9. The Hall–Kier alpha value is -1.26. The van der Waals surface area contributed by atoms with Gasteiger partial charge < -0.3 is 4.98 Å². The number of aromatic nitrogens is 2. The van der Waals surface area contributed by atoms with E-state index in [1.807, 2.05) is 20.8 Å². The van der Waals surface area contributed by atoms with E-state index in [-0.39, 0.29) is 0 Å². The molecular formula is C11H13ClN3O. The van der Waals surface area contributed by atoms with E-state index in [2.05, 4.69) is 9.97 Å². The number of hydrogen-bond acceptors (Lipinski definition) is 2. The second-order valence-corrected chi connectivity index (χ2v) is 5.12. The first-order valence-corrected chi connectivity index (χ1v) is 5.38. The minimum Gasteiger partial charge on any atom is -0.322 e. The van der Waals surface area contributed by atoms with E-state index in [1.54, 1.807) is 18.2 Å². The molecule has 1 aromatic carbocycles. The van der Waals surface area contributed by atoms with E-state index < -0.39 is 5.54 Å². The van der Waals surface area contributed by atoms with Crippen LogP contribution in [0.2, 0.25) is 5.02 Å². The van der Waals surface area contributed by atoms with E-state index in [0.29, 0.717) is 11.0 Å². The summed E-state index contributed by atoms with van der Waals surface area (Å²) in [6.45, 7) is 5.50. The van der Waals surface area contributed by atoms with Crippen molar-refractivity contribution < 1.29 is 5.21 Å². The van der Waals surface area contributed by atoms with Crippen molar-refractivity contribution in [3.63, 3.8) is 0 Å². The Balaban J connectivity index is 2.47. The Kier molecular flexibility index (Phi) is 2.56. The Labute approximate surface area is 98.8 Å². The van der Waals surface area contributed by atoms with Crippen molar-refractivity contribution in [1.29, 1.82) is 0 Å². The summed E-state index contributed by atoms with van der Waals surface area (Å²) >= 11 is 5.86. The number of imidazole rings is 1. The van der Waals surface area contributed by atoms with E-state index in [1.165, 1.54) is 0 Å². The second kappa shape index (κ2) is 3.64. The Morgan fingerprint density at radius 3 is 2.69 bits per heavy atom. The molecule has 0 atom stereocenters. The Morgan fingerprint density at radius 1 is 1.38 bits per heavy atom. The van der Waals surface area contributed by atoms with Crippen LogP contribution < -0.4 is 5.06 Å². The smallest absolute Gasteiger partial charge is 0.231 e. The topological polar surface area (TPSA) is 51.8 Å². The molecule has 0 saturated heterocycles. The van der Waals surface area contributed by atoms with Gasteiger partial charge in [0.2, 0.25) is 5.95 Å². The molecule has 0 fully saturated rings. The fraction of sp³-hybridized carbons (Fsp3) is 0.364. The summed E-state index contributed by atoms with van der Waals surface area (Å²) in [7, 11) is 0. The van der Waals surface area contributed by atoms with Gasteiger partial charge in [-0.3, -0.25) is 0 Å². The predicted molar refractivity (Wildman–Crippen MR) is 64.0 cm³/mol. The number of rotatable bonds is 1. The molecule has 1 aromatic heterocycles. The van der Waals surface area contributed by atoms with Gasteiger partial charge in [0, 0.05) is 5.02 Å². The van der Waals surface area contributed by atoms with Crippen molar-refractivity contribution in [1.82, 2.24) is 9.97 Å². The number of nitrogens with one attached hydrogen (secondary N) is 1. The number of anilines is 1. The molecule has 2 aromatic rings. The largest absolute Gasteiger partial charge is 0.322 e. The number of nitrogens with zero attached hydrogens (tertiary/aromatic N) is 2. The third-order valence-electron chi connectivity index (χ3n) is 2.23. The van der Waals surface area contributed by atoms with Crippen LogP contribution in [0.15, 0.2) is 18.2 Å². The third-order valence-corrected chi connectivity index (χ3v) is 2.47. The lowest BCUT2D eigenvalue weighted by molar-refractivity contribution is 0.0977. The van der Waals surface area contributed by atoms with Gasteiger partial charge in [0.25, 0.3) is 0 Å². The normalized spacial score (nSPS) is 12.1. The van der Waals surface area contributed by atoms with Gasteiger partial charge in [0.05, 0.1) is 16.6 Å². The first-order valence-electron chi connectivity index (χ1n) is 5.00. The molecule has 4 nitrogen and oxygen atoms in total. The van der Waals surface area contributed by atoms with Crippen LogP contribution in [0.25, 0.3) is 11.0 Å². The Bertz CT molecular complexity index is 515. The van der Waals surface area contributed by atoms with Crippen molar-refractivity contribution >= 4 is 28.6 Å². The fourth-order valence-electron chi connectivity index (χ4n) is 1.38. The van der Waals surface area contributed by atoms with Crippen LogP contribution in [-0.4, -0.2) is 15.5 Å². The quantitative estimate of drug-likeness (QED) is 0.776. The molecule has 0 bridgehead atoms. The van der Waals surface area contributed by atoms with Gasteiger partial charge in [0.1, 0.15) is 0 Å². The van der Waals surface area contributed by atoms with Gasteiger partial charge in [-0.25, -0.2) is 4.98 Å². The van der Waals surface area contributed by atoms with Crippen LogP contribution in [0.1, 0.15) is 20.8 Å². The van der Waals surface area contributed by atoms with Crippen LogP contribution in [0.3, 0.4) is 0 Å². The molecule has 5 heteroatoms. The average Bonchev–Trinajstić information content (AvgIpc) is 2.57. The van der Waals surface area contributed by atoms with E-state index in [4.69, 9.17) is 11.6 Å². The number of halogens is 1. The molecule has 0 aliphatic rings. The molecule has 0 unspecified atom stereocenters. The first kappa shape index (κ1) is 11.2. The van der Waals surface area contributed by atoms with Gasteiger partial charge >= 0.3 is 0 Å². The SMILES string of the molecule is CC(C)(C)N([O])c1nc2ccc(Cl)cc2[nH]1. The number of hydrogen-bond donors (Lipinski definition) is 1. The summed E-state index contributed by atoms with van der Waals surface area (Å²) in [6.07, 6.45) is 0. The summed E-state index contributed by atoms with van der Waals surface area (Å²) in [5, 5.41) is 13.4. The van der Waals surface area contributed by atoms with Gasteiger partial charge in [-0.1, -0.05) is 16.8 Å². The zero-order valence-electron chi connectivity index (χ0n) is 9.41. The molecule has 1 radical (unpaired) electrons. The molecule has 1 heterocycles. The number of H-pyrrole nitrogens is 1. The number of aromatic amines is 1. The minimum atomic E-state index is -0.516. The van der Waals surface area contributed by atoms with Gasteiger partial charge in [-0.2, -0.15) is 5.06 Å². The number of hydroxylamine groups is 1. The van der Waals surface area contributed by atoms with E-state index in [0.717, 1.165) is 16.1 Å². The maximum atomic E-state index is 11.9. The summed E-state index contributed by atoms with van der Waals surface area (Å²) < 4.78 is 0. The molecule has 0 spiro atoms. The van der Waals surface area contributed by atoms with Crippen molar-refractivity contribution in [2.24, 2.45) is 0 Å². The predicted octanol–water partition coefficient (Wildman–Crippen LogP) is 3.17. The Morgan fingerprint density at radius 2 is 2.06 bits per heavy atom. The minimum absolute atomic E-state index is 0.310. The monoisotopic (exact) mass is 238 g/mol. The standard InChI is InChI=1S/C11H13ClN3O/c1-11(2,3)15(16)10-13-8-5-4-7(12)6-9(8)14-10/h4-6H,1-3H3,(H,13,14). The van der Waals surface area contributed by atoms with E-state index in [9.17, 15) is 5.21 Å². The van der Waals surface area contributed by atoms with Crippen LogP contribution in [0.4, 0.5) is 5.95 Å². The highest BCUT2D eigenvalue weighted by Gasteiger charge is 2.24. The maximum absolute atomic E-state index is 11.9. The number of benzene rings is 1. The second-order valence-electron chi connectivity index (χ2n) is 4.69. The van der Waals surface area contributed by atoms with Crippen molar-refractivity contribution in [3.05, 3.63) is 23.2 Å². The maximum Gasteiger partial charge on any atom is 0.231 e. The lowest BCUT2D eigenvalue weighted by atomic mass is 10.1. The highest BCUT2D eigenvalue weighted by molar-refractivity contribution is 6.31. The number of fused-ring (bicyclic) bond motifs is 1. The fourth-order valence-corrected chi connectivity index (χ4v) is 1.55. The highest BCUT2D eigenvalue weighted by Crippen LogP contribution is 2.24. The van der Waals surface area contributed by atoms with Crippen LogP contribution in [0, 0.1) is 0 Å². The molecule has 0 aliphatic heterocycles. The van der Waals surface area contributed by atoms with Gasteiger partial charge in [-0.15, -0.1) is 0 Å². The molecule has 16 heavy (non-hydrogen) atoms. The molecule has 0 aliphatic carbocycles. The van der Waals surface area contributed by atoms with E-state index >= 15 is 0 Å². The molecule has 0 amide bonds. The molecule has 0 saturated carbocycles. The molecular weight excluding hydrogens is 226 g/mol. The summed E-state index contributed by atoms with van der Waals surface area (Å²) in [6, 6.07) is 5.29. The summed E-state index contributed by atoms with van der Waals surface area (Å²) in [5.41, 5.74) is 0.995. The molecule has 2 rings (SSSR count). The van der Waals surface area contributed by atoms with Crippen molar-refractivity contribution in [2.75, 3.05) is 5.06 Å². The van der Waals surface area contributed by atoms with Crippen LogP contribution >= 0.6 is 11.6 Å². The average molecular weight is 239 g/mol. The van der Waals surface area contributed by atoms with Crippen molar-refractivity contribution in [3.8, 4) is 0 Å². The van der Waals surface area contributed by atoms with Crippen molar-refractivity contribution in [2.45, 2.75) is 26.3 Å². The van der Waals surface area contributed by atoms with Gasteiger partial charge in [-0.05, 0) is 39.0 Å². The lowest BCUT2D eigenvalue weighted by Gasteiger charge is -2.25. The first-order chi connectivity index (χ1) is 7.38. The summed E-state index contributed by atoms with van der Waals surface area (Å²) in [4.78, 5) is 7.18. The highest BCUT2D eigenvalue weighted by atomic mass is 35.5. The zero-order valence-corrected chi connectivity index (χ0v) is 10.2.